The van der Waals surface area contributed by atoms with Gasteiger partial charge in [-0.1, -0.05) is 30.3 Å². The molecule has 0 saturated carbocycles. The van der Waals surface area contributed by atoms with E-state index in [0.29, 0.717) is 5.76 Å². The van der Waals surface area contributed by atoms with Crippen LogP contribution in [0.25, 0.3) is 0 Å². The van der Waals surface area contributed by atoms with Gasteiger partial charge in [-0.2, -0.15) is 0 Å². The van der Waals surface area contributed by atoms with Crippen molar-refractivity contribution < 1.29 is 23.6 Å². The van der Waals surface area contributed by atoms with E-state index < -0.39 is 18.1 Å². The number of hydrogen-bond donors (Lipinski definition) is 1. The molecule has 1 unspecified atom stereocenters. The van der Waals surface area contributed by atoms with Gasteiger partial charge < -0.3 is 19.3 Å². The summed E-state index contributed by atoms with van der Waals surface area (Å²) in [6.07, 6.45) is -0.704. The van der Waals surface area contributed by atoms with Gasteiger partial charge in [0.1, 0.15) is 18.4 Å². The Balaban J connectivity index is 1.76. The monoisotopic (exact) mass is 304 g/mol. The van der Waals surface area contributed by atoms with E-state index in [1.54, 1.807) is 6.92 Å². The molecule has 1 amide bonds. The third-order valence-corrected chi connectivity index (χ3v) is 2.71. The van der Waals surface area contributed by atoms with Crippen molar-refractivity contribution in [3.8, 4) is 5.88 Å². The van der Waals surface area contributed by atoms with Crippen LogP contribution >= 0.6 is 0 Å². The number of aryl methyl sites for hydroxylation is 1. The van der Waals surface area contributed by atoms with Crippen molar-refractivity contribution in [3.63, 3.8) is 0 Å². The van der Waals surface area contributed by atoms with E-state index in [9.17, 15) is 9.59 Å². The smallest absolute Gasteiger partial charge is 0.408 e. The van der Waals surface area contributed by atoms with Gasteiger partial charge in [0.2, 0.25) is 0 Å². The molecular formula is C15H16N2O5. The molecule has 0 bridgehead atoms. The summed E-state index contributed by atoms with van der Waals surface area (Å²) in [6, 6.07) is 9.81. The zero-order valence-electron chi connectivity index (χ0n) is 12.2. The van der Waals surface area contributed by atoms with Crippen LogP contribution in [0.2, 0.25) is 0 Å². The van der Waals surface area contributed by atoms with E-state index >= 15 is 0 Å². The number of carbonyl (C=O) groups excluding carboxylic acids is 2. The lowest BCUT2D eigenvalue weighted by Crippen LogP contribution is -2.41. The Kier molecular flexibility index (Phi) is 5.13. The molecule has 1 aromatic carbocycles. The Hall–Kier alpha value is -2.83. The van der Waals surface area contributed by atoms with E-state index in [1.807, 2.05) is 30.3 Å². The summed E-state index contributed by atoms with van der Waals surface area (Å²) in [5, 5.41) is 5.91. The summed E-state index contributed by atoms with van der Waals surface area (Å²) in [4.78, 5) is 23.4. The second kappa shape index (κ2) is 7.26. The molecule has 0 aliphatic heterocycles. The first-order valence-electron chi connectivity index (χ1n) is 6.67. The van der Waals surface area contributed by atoms with Crippen LogP contribution in [0.5, 0.6) is 5.88 Å². The molecule has 1 aromatic heterocycles. The normalized spacial score (nSPS) is 11.5. The maximum atomic E-state index is 11.8. The van der Waals surface area contributed by atoms with Gasteiger partial charge in [0.25, 0.3) is 5.88 Å². The Bertz CT molecular complexity index is 638. The molecule has 0 fully saturated rings. The highest BCUT2D eigenvalue weighted by molar-refractivity contribution is 5.82. The highest BCUT2D eigenvalue weighted by Gasteiger charge is 2.19. The van der Waals surface area contributed by atoms with Gasteiger partial charge >= 0.3 is 12.1 Å². The molecule has 7 nitrogen and oxygen atoms in total. The number of hydrogen-bond acceptors (Lipinski definition) is 6. The number of aromatic nitrogens is 1. The molecule has 1 heterocycles. The molecule has 22 heavy (non-hydrogen) atoms. The quantitative estimate of drug-likeness (QED) is 0.852. The van der Waals surface area contributed by atoms with Gasteiger partial charge in [0.15, 0.2) is 0 Å². The van der Waals surface area contributed by atoms with Gasteiger partial charge in [0, 0.05) is 6.07 Å². The predicted molar refractivity (Wildman–Crippen MR) is 76.1 cm³/mol. The molecule has 2 rings (SSSR count). The number of rotatable bonds is 5. The summed E-state index contributed by atoms with van der Waals surface area (Å²) < 4.78 is 14.7. The third kappa shape index (κ3) is 4.62. The van der Waals surface area contributed by atoms with Crippen molar-refractivity contribution >= 4 is 12.1 Å². The average Bonchev–Trinajstić information content (AvgIpc) is 2.91. The fourth-order valence-electron chi connectivity index (χ4n) is 1.58. The SMILES string of the molecule is Cc1cc(OC(=O)C(C)NC(=O)OCc2ccccc2)no1. The van der Waals surface area contributed by atoms with Crippen LogP contribution in [0.15, 0.2) is 40.9 Å². The minimum atomic E-state index is -0.875. The number of amides is 1. The minimum absolute atomic E-state index is 0.0498. The van der Waals surface area contributed by atoms with E-state index in [4.69, 9.17) is 14.0 Å². The topological polar surface area (TPSA) is 90.7 Å². The van der Waals surface area contributed by atoms with Crippen LogP contribution in [-0.4, -0.2) is 23.3 Å². The number of nitrogens with zero attached hydrogens (tertiary/aromatic N) is 1. The second-order valence-corrected chi connectivity index (χ2v) is 4.62. The van der Waals surface area contributed by atoms with Gasteiger partial charge in [-0.3, -0.25) is 0 Å². The highest BCUT2D eigenvalue weighted by Crippen LogP contribution is 2.10. The number of alkyl carbamates (subject to hydrolysis) is 1. The van der Waals surface area contributed by atoms with E-state index in [2.05, 4.69) is 10.5 Å². The Morgan fingerprint density at radius 1 is 1.32 bits per heavy atom. The predicted octanol–water partition coefficient (Wildman–Crippen LogP) is 2.20. The lowest BCUT2D eigenvalue weighted by molar-refractivity contribution is -0.136. The molecule has 0 radical (unpaired) electrons. The molecule has 7 heteroatoms. The zero-order valence-corrected chi connectivity index (χ0v) is 12.2. The molecule has 0 aliphatic rings. The highest BCUT2D eigenvalue weighted by atomic mass is 16.6. The number of esters is 1. The standard InChI is InChI=1S/C15H16N2O5/c1-10-8-13(17-22-10)21-14(18)11(2)16-15(19)20-9-12-6-4-3-5-7-12/h3-8,11H,9H2,1-2H3,(H,16,19). The van der Waals surface area contributed by atoms with Crippen LogP contribution in [0, 0.1) is 6.92 Å². The number of nitrogens with one attached hydrogen (secondary N) is 1. The zero-order chi connectivity index (χ0) is 15.9. The van der Waals surface area contributed by atoms with Crippen LogP contribution in [0.4, 0.5) is 4.79 Å². The largest absolute Gasteiger partial charge is 0.445 e. The molecule has 0 saturated heterocycles. The molecule has 1 atom stereocenters. The van der Waals surface area contributed by atoms with E-state index in [1.165, 1.54) is 13.0 Å². The van der Waals surface area contributed by atoms with Gasteiger partial charge in [-0.05, 0) is 24.6 Å². The van der Waals surface area contributed by atoms with Crippen molar-refractivity contribution in [1.29, 1.82) is 0 Å². The van der Waals surface area contributed by atoms with Crippen molar-refractivity contribution in [2.75, 3.05) is 0 Å². The Morgan fingerprint density at radius 2 is 2.05 bits per heavy atom. The summed E-state index contributed by atoms with van der Waals surface area (Å²) >= 11 is 0. The van der Waals surface area contributed by atoms with Crippen LogP contribution < -0.4 is 10.1 Å². The van der Waals surface area contributed by atoms with Gasteiger partial charge in [-0.25, -0.2) is 9.59 Å². The van der Waals surface area contributed by atoms with Crippen LogP contribution in [0.3, 0.4) is 0 Å². The van der Waals surface area contributed by atoms with Crippen molar-refractivity contribution in [2.45, 2.75) is 26.5 Å². The summed E-state index contributed by atoms with van der Waals surface area (Å²) in [7, 11) is 0. The third-order valence-electron chi connectivity index (χ3n) is 2.71. The average molecular weight is 304 g/mol. The molecule has 0 spiro atoms. The maximum Gasteiger partial charge on any atom is 0.408 e. The summed E-state index contributed by atoms with van der Waals surface area (Å²) in [5.74, 6) is -0.0931. The van der Waals surface area contributed by atoms with Crippen LogP contribution in [0.1, 0.15) is 18.2 Å². The molecular weight excluding hydrogens is 288 g/mol. The molecule has 2 aromatic rings. The summed E-state index contributed by atoms with van der Waals surface area (Å²) in [5.41, 5.74) is 0.853. The van der Waals surface area contributed by atoms with Gasteiger partial charge in [0.05, 0.1) is 0 Å². The molecule has 116 valence electrons. The first-order valence-corrected chi connectivity index (χ1v) is 6.67. The second-order valence-electron chi connectivity index (χ2n) is 4.62. The van der Waals surface area contributed by atoms with Gasteiger partial charge in [-0.15, -0.1) is 0 Å². The van der Waals surface area contributed by atoms with E-state index in [0.717, 1.165) is 5.56 Å². The summed E-state index contributed by atoms with van der Waals surface area (Å²) in [6.45, 7) is 3.28. The van der Waals surface area contributed by atoms with Crippen LogP contribution in [-0.2, 0) is 16.1 Å². The fourth-order valence-corrected chi connectivity index (χ4v) is 1.58. The maximum absolute atomic E-state index is 11.8. The van der Waals surface area contributed by atoms with E-state index in [-0.39, 0.29) is 12.5 Å². The minimum Gasteiger partial charge on any atom is -0.445 e. The first-order chi connectivity index (χ1) is 10.5. The van der Waals surface area contributed by atoms with Crippen molar-refractivity contribution in [2.24, 2.45) is 0 Å². The Morgan fingerprint density at radius 3 is 2.68 bits per heavy atom. The Labute approximate surface area is 127 Å². The number of benzene rings is 1. The lowest BCUT2D eigenvalue weighted by atomic mass is 10.2. The number of carbonyl (C=O) groups is 2. The molecule has 1 N–H and O–H groups in total. The first kappa shape index (κ1) is 15.6. The molecule has 0 aliphatic carbocycles. The van der Waals surface area contributed by atoms with Crippen molar-refractivity contribution in [1.82, 2.24) is 10.5 Å². The van der Waals surface area contributed by atoms with Crippen molar-refractivity contribution in [3.05, 3.63) is 47.7 Å². The lowest BCUT2D eigenvalue weighted by Gasteiger charge is -2.12. The number of ether oxygens (including phenoxy) is 2. The fraction of sp³-hybridized carbons (Fsp3) is 0.267.